The normalized spacial score (nSPS) is 19.8. The van der Waals surface area contributed by atoms with E-state index in [4.69, 9.17) is 0 Å². The van der Waals surface area contributed by atoms with Crippen molar-refractivity contribution in [1.82, 2.24) is 4.90 Å². The van der Waals surface area contributed by atoms with E-state index in [-0.39, 0.29) is 17.2 Å². The first-order valence-corrected chi connectivity index (χ1v) is 7.62. The summed E-state index contributed by atoms with van der Waals surface area (Å²) in [6.45, 7) is 1.77. The van der Waals surface area contributed by atoms with E-state index in [1.165, 1.54) is 36.0 Å². The number of likely N-dealkylation sites (tertiary alicyclic amines) is 1. The van der Waals surface area contributed by atoms with Gasteiger partial charge in [-0.1, -0.05) is 12.1 Å². The molecular weight excluding hydrogens is 306 g/mol. The molecule has 1 N–H and O–H groups in total. The second-order valence-corrected chi connectivity index (χ2v) is 5.99. The molecule has 22 heavy (non-hydrogen) atoms. The van der Waals surface area contributed by atoms with Crippen LogP contribution >= 0.6 is 11.8 Å². The van der Waals surface area contributed by atoms with Crippen LogP contribution < -0.4 is 0 Å². The number of nitrogens with zero attached hydrogens (tertiary/aromatic N) is 3. The summed E-state index contributed by atoms with van der Waals surface area (Å²) in [6.07, 6.45) is 3.61. The molecule has 0 aromatic heterocycles. The van der Waals surface area contributed by atoms with Crippen LogP contribution in [0.4, 0.5) is 5.69 Å². The zero-order valence-electron chi connectivity index (χ0n) is 11.6. The van der Waals surface area contributed by atoms with Crippen LogP contribution in [0.1, 0.15) is 18.4 Å². The van der Waals surface area contributed by atoms with Crippen LogP contribution in [-0.4, -0.2) is 39.1 Å². The zero-order valence-corrected chi connectivity index (χ0v) is 12.4. The van der Waals surface area contributed by atoms with E-state index in [1.807, 2.05) is 0 Å². The second-order valence-electron chi connectivity index (χ2n) is 4.98. The molecule has 0 bridgehead atoms. The van der Waals surface area contributed by atoms with Crippen LogP contribution in [0, 0.1) is 10.1 Å². The molecule has 1 amide bonds. The molecule has 0 radical (unpaired) electrons. The number of aromatic hydroxyl groups is 1. The number of hydrogen-bond acceptors (Lipinski definition) is 6. The van der Waals surface area contributed by atoms with Gasteiger partial charge < -0.3 is 10.0 Å². The molecule has 0 aliphatic carbocycles. The maximum atomic E-state index is 12.0. The van der Waals surface area contributed by atoms with Crippen molar-refractivity contribution in [1.29, 1.82) is 0 Å². The monoisotopic (exact) mass is 319 g/mol. The number of phenols is 1. The number of nitro groups is 1. The van der Waals surface area contributed by atoms with Gasteiger partial charge in [-0.05, 0) is 30.7 Å². The molecule has 1 aromatic rings. The minimum atomic E-state index is -0.660. The minimum absolute atomic E-state index is 0.239. The lowest BCUT2D eigenvalue weighted by Gasteiger charge is -2.14. The number of carbonyl (C=O) groups is 1. The maximum absolute atomic E-state index is 12.0. The quantitative estimate of drug-likeness (QED) is 0.511. The van der Waals surface area contributed by atoms with Crippen molar-refractivity contribution in [3.8, 4) is 5.75 Å². The van der Waals surface area contributed by atoms with Gasteiger partial charge in [0.1, 0.15) is 0 Å². The summed E-state index contributed by atoms with van der Waals surface area (Å²) in [4.78, 5) is 28.6. The molecule has 3 rings (SSSR count). The molecule has 2 heterocycles. The Morgan fingerprint density at radius 3 is 2.77 bits per heavy atom. The Kier molecular flexibility index (Phi) is 3.84. The van der Waals surface area contributed by atoms with Crippen LogP contribution in [-0.2, 0) is 4.79 Å². The Balaban J connectivity index is 1.86. The SMILES string of the molecule is O=C1N=C(N2CCCC2)S/C1=C\c1cccc([N+](=O)[O-])c1O. The number of hydrogen-bond donors (Lipinski definition) is 1. The summed E-state index contributed by atoms with van der Waals surface area (Å²) < 4.78 is 0. The van der Waals surface area contributed by atoms with E-state index in [1.54, 1.807) is 0 Å². The molecule has 7 nitrogen and oxygen atoms in total. The van der Waals surface area contributed by atoms with Crippen molar-refractivity contribution in [2.45, 2.75) is 12.8 Å². The lowest BCUT2D eigenvalue weighted by molar-refractivity contribution is -0.385. The summed E-state index contributed by atoms with van der Waals surface area (Å²) >= 11 is 1.24. The largest absolute Gasteiger partial charge is 0.502 e. The minimum Gasteiger partial charge on any atom is -0.502 e. The molecule has 0 atom stereocenters. The summed E-state index contributed by atoms with van der Waals surface area (Å²) in [5.41, 5.74) is -0.145. The third-order valence-corrected chi connectivity index (χ3v) is 4.56. The van der Waals surface area contributed by atoms with E-state index in [2.05, 4.69) is 9.89 Å². The molecule has 2 aliphatic rings. The first kappa shape index (κ1) is 14.6. The van der Waals surface area contributed by atoms with Gasteiger partial charge in [-0.3, -0.25) is 14.9 Å². The Bertz CT molecular complexity index is 708. The number of phenolic OH excluding ortho intramolecular Hbond substituents is 1. The van der Waals surface area contributed by atoms with Crippen LogP contribution in [0.15, 0.2) is 28.1 Å². The van der Waals surface area contributed by atoms with Crippen molar-refractivity contribution in [2.75, 3.05) is 13.1 Å². The average molecular weight is 319 g/mol. The zero-order chi connectivity index (χ0) is 15.7. The Hall–Kier alpha value is -2.35. The number of rotatable bonds is 2. The smallest absolute Gasteiger partial charge is 0.311 e. The van der Waals surface area contributed by atoms with Gasteiger partial charge in [0.25, 0.3) is 5.91 Å². The van der Waals surface area contributed by atoms with Crippen LogP contribution in [0.25, 0.3) is 6.08 Å². The van der Waals surface area contributed by atoms with Gasteiger partial charge in [-0.25, -0.2) is 0 Å². The number of para-hydroxylation sites is 1. The molecule has 1 saturated heterocycles. The second kappa shape index (κ2) is 5.80. The van der Waals surface area contributed by atoms with Crippen LogP contribution in [0.2, 0.25) is 0 Å². The predicted molar refractivity (Wildman–Crippen MR) is 83.6 cm³/mol. The topological polar surface area (TPSA) is 96.0 Å². The van der Waals surface area contributed by atoms with Crippen molar-refractivity contribution in [3.63, 3.8) is 0 Å². The first-order valence-electron chi connectivity index (χ1n) is 6.80. The lowest BCUT2D eigenvalue weighted by atomic mass is 10.1. The third-order valence-electron chi connectivity index (χ3n) is 3.52. The Morgan fingerprint density at radius 2 is 2.09 bits per heavy atom. The fourth-order valence-corrected chi connectivity index (χ4v) is 3.35. The van der Waals surface area contributed by atoms with Gasteiger partial charge in [0.15, 0.2) is 5.17 Å². The van der Waals surface area contributed by atoms with Gasteiger partial charge in [-0.15, -0.1) is 0 Å². The Morgan fingerprint density at radius 1 is 1.36 bits per heavy atom. The summed E-state index contributed by atoms with van der Waals surface area (Å²) in [5.74, 6) is -0.819. The van der Waals surface area contributed by atoms with Gasteiger partial charge in [-0.2, -0.15) is 4.99 Å². The lowest BCUT2D eigenvalue weighted by Crippen LogP contribution is -2.23. The highest BCUT2D eigenvalue weighted by Crippen LogP contribution is 2.35. The van der Waals surface area contributed by atoms with Crippen molar-refractivity contribution in [2.24, 2.45) is 4.99 Å². The van der Waals surface area contributed by atoms with Crippen molar-refractivity contribution >= 4 is 34.6 Å². The van der Waals surface area contributed by atoms with Crippen LogP contribution in [0.3, 0.4) is 0 Å². The van der Waals surface area contributed by atoms with Gasteiger partial charge >= 0.3 is 5.69 Å². The molecule has 1 aromatic carbocycles. The summed E-state index contributed by atoms with van der Waals surface area (Å²) in [6, 6.07) is 4.21. The van der Waals surface area contributed by atoms with Crippen molar-refractivity contribution in [3.05, 3.63) is 38.8 Å². The molecule has 0 unspecified atom stereocenters. The first-order chi connectivity index (χ1) is 10.6. The number of benzene rings is 1. The molecule has 0 saturated carbocycles. The highest BCUT2D eigenvalue weighted by molar-refractivity contribution is 8.18. The van der Waals surface area contributed by atoms with E-state index in [0.717, 1.165) is 25.9 Å². The van der Waals surface area contributed by atoms with E-state index < -0.39 is 10.7 Å². The summed E-state index contributed by atoms with van der Waals surface area (Å²) in [5, 5.41) is 21.4. The third kappa shape index (κ3) is 2.69. The average Bonchev–Trinajstić information content (AvgIpc) is 3.11. The predicted octanol–water partition coefficient (Wildman–Crippen LogP) is 2.37. The number of aliphatic imine (C=N–C) groups is 1. The highest BCUT2D eigenvalue weighted by atomic mass is 32.2. The van der Waals surface area contributed by atoms with Crippen molar-refractivity contribution < 1.29 is 14.8 Å². The van der Waals surface area contributed by atoms with Crippen LogP contribution in [0.5, 0.6) is 5.75 Å². The molecule has 114 valence electrons. The fourth-order valence-electron chi connectivity index (χ4n) is 2.40. The molecule has 0 spiro atoms. The highest BCUT2D eigenvalue weighted by Gasteiger charge is 2.28. The molecule has 8 heteroatoms. The summed E-state index contributed by atoms with van der Waals surface area (Å²) in [7, 11) is 0. The fraction of sp³-hybridized carbons (Fsp3) is 0.286. The number of carbonyl (C=O) groups excluding carboxylic acids is 1. The van der Waals surface area contributed by atoms with E-state index >= 15 is 0 Å². The van der Waals surface area contributed by atoms with E-state index in [0.29, 0.717) is 10.1 Å². The number of thioether (sulfide) groups is 1. The van der Waals surface area contributed by atoms with Gasteiger partial charge in [0.2, 0.25) is 5.75 Å². The molecule has 1 fully saturated rings. The number of nitro benzene ring substituents is 1. The van der Waals surface area contributed by atoms with Gasteiger partial charge in [0, 0.05) is 24.7 Å². The number of amides is 1. The Labute approximate surface area is 130 Å². The molecular formula is C14H13N3O4S. The molecule has 2 aliphatic heterocycles. The van der Waals surface area contributed by atoms with Gasteiger partial charge in [0.05, 0.1) is 9.83 Å². The number of amidine groups is 1. The van der Waals surface area contributed by atoms with E-state index in [9.17, 15) is 20.0 Å². The maximum Gasteiger partial charge on any atom is 0.311 e. The standard InChI is InChI=1S/C14H13N3O4S/c18-12-9(4-3-5-10(12)17(20)21)8-11-13(19)15-14(22-11)16-6-1-2-7-16/h3-5,8,18H,1-2,6-7H2/b11-8-.